The quantitative estimate of drug-likeness (QED) is 0.547. The molecule has 0 saturated carbocycles. The summed E-state index contributed by atoms with van der Waals surface area (Å²) < 4.78 is 20.2. The summed E-state index contributed by atoms with van der Waals surface area (Å²) in [6.45, 7) is 1.89. The third kappa shape index (κ3) is 3.96. The Morgan fingerprint density at radius 1 is 1.10 bits per heavy atom. The molecule has 0 saturated heterocycles. The van der Waals surface area contributed by atoms with Crippen LogP contribution >= 0.6 is 0 Å². The summed E-state index contributed by atoms with van der Waals surface area (Å²) in [5.41, 5.74) is 3.14. The number of hydrogen-bond donors (Lipinski definition) is 1. The number of aromatic carboxylic acids is 1. The van der Waals surface area contributed by atoms with Crippen LogP contribution in [-0.4, -0.2) is 31.1 Å². The Kier molecular flexibility index (Phi) is 4.74. The Morgan fingerprint density at radius 3 is 2.48 bits per heavy atom. The molecule has 0 aliphatic heterocycles. The van der Waals surface area contributed by atoms with Crippen molar-refractivity contribution in [1.82, 2.24) is 20.0 Å². The summed E-state index contributed by atoms with van der Waals surface area (Å²) in [6.07, 6.45) is 3.35. The van der Waals surface area contributed by atoms with E-state index < -0.39 is 5.97 Å². The fourth-order valence-corrected chi connectivity index (χ4v) is 2.74. The fourth-order valence-electron chi connectivity index (χ4n) is 2.74. The molecule has 0 unspecified atom stereocenters. The van der Waals surface area contributed by atoms with Gasteiger partial charge in [-0.15, -0.1) is 5.10 Å². The van der Waals surface area contributed by atoms with E-state index in [1.54, 1.807) is 35.3 Å². The van der Waals surface area contributed by atoms with Gasteiger partial charge in [0, 0.05) is 11.6 Å². The summed E-state index contributed by atoms with van der Waals surface area (Å²) in [5, 5.41) is 17.3. The molecular weight excluding hydrogens is 375 g/mol. The summed E-state index contributed by atoms with van der Waals surface area (Å²) in [4.78, 5) is 15.2. The maximum absolute atomic E-state index is 13.0. The molecule has 1 N–H and O–H groups in total. The van der Waals surface area contributed by atoms with E-state index in [-0.39, 0.29) is 11.4 Å². The highest BCUT2D eigenvalue weighted by atomic mass is 19.1. The average molecular weight is 390 g/mol. The molecule has 4 aromatic rings. The van der Waals surface area contributed by atoms with Crippen LogP contribution in [0.2, 0.25) is 0 Å². The zero-order valence-electron chi connectivity index (χ0n) is 15.3. The van der Waals surface area contributed by atoms with Crippen LogP contribution in [0.3, 0.4) is 0 Å². The molecule has 4 rings (SSSR count). The number of hydrogen-bond acceptors (Lipinski definition) is 5. The molecule has 0 atom stereocenters. The predicted octanol–water partition coefficient (Wildman–Crippen LogP) is 4.27. The van der Waals surface area contributed by atoms with E-state index in [0.29, 0.717) is 17.3 Å². The number of benzene rings is 2. The number of carbonyl (C=O) groups is 1. The van der Waals surface area contributed by atoms with E-state index in [2.05, 4.69) is 15.3 Å². The first-order chi connectivity index (χ1) is 14.0. The molecular formula is C21H15FN4O3. The molecule has 144 valence electrons. The van der Waals surface area contributed by atoms with Crippen LogP contribution < -0.4 is 4.74 Å². The van der Waals surface area contributed by atoms with Crippen molar-refractivity contribution in [2.45, 2.75) is 6.92 Å². The van der Waals surface area contributed by atoms with E-state index in [1.165, 1.54) is 36.4 Å². The number of aryl methyl sites for hydroxylation is 1. The van der Waals surface area contributed by atoms with Gasteiger partial charge >= 0.3 is 5.97 Å². The van der Waals surface area contributed by atoms with Crippen molar-refractivity contribution in [3.8, 4) is 28.6 Å². The summed E-state index contributed by atoms with van der Waals surface area (Å²) in [6, 6.07) is 13.8. The zero-order valence-corrected chi connectivity index (χ0v) is 15.3. The second kappa shape index (κ2) is 7.51. The lowest BCUT2D eigenvalue weighted by Crippen LogP contribution is -2.00. The maximum Gasteiger partial charge on any atom is 0.335 e. The predicted molar refractivity (Wildman–Crippen MR) is 103 cm³/mol. The first kappa shape index (κ1) is 18.3. The Labute approximate surface area is 165 Å². The first-order valence-electron chi connectivity index (χ1n) is 8.66. The van der Waals surface area contributed by atoms with Crippen LogP contribution in [0.4, 0.5) is 4.39 Å². The number of pyridine rings is 1. The van der Waals surface area contributed by atoms with Gasteiger partial charge in [-0.2, -0.15) is 0 Å². The lowest BCUT2D eigenvalue weighted by Gasteiger charge is -2.08. The molecule has 0 spiro atoms. The van der Waals surface area contributed by atoms with Crippen LogP contribution in [-0.2, 0) is 0 Å². The van der Waals surface area contributed by atoms with Gasteiger partial charge in [0.1, 0.15) is 17.3 Å². The highest BCUT2D eigenvalue weighted by Gasteiger charge is 2.11. The number of carboxylic acid groups (broad SMARTS) is 1. The molecule has 0 aliphatic rings. The molecule has 0 fully saturated rings. The molecule has 2 aromatic carbocycles. The molecule has 0 aliphatic carbocycles. The van der Waals surface area contributed by atoms with Gasteiger partial charge in [-0.1, -0.05) is 17.3 Å². The number of rotatable bonds is 5. The lowest BCUT2D eigenvalue weighted by atomic mass is 10.1. The van der Waals surface area contributed by atoms with Crippen molar-refractivity contribution in [2.24, 2.45) is 0 Å². The Morgan fingerprint density at radius 2 is 1.83 bits per heavy atom. The highest BCUT2D eigenvalue weighted by molar-refractivity contribution is 5.88. The molecule has 0 amide bonds. The normalized spacial score (nSPS) is 10.7. The molecule has 0 radical (unpaired) electrons. The van der Waals surface area contributed by atoms with Crippen molar-refractivity contribution in [3.63, 3.8) is 0 Å². The van der Waals surface area contributed by atoms with Gasteiger partial charge < -0.3 is 9.84 Å². The van der Waals surface area contributed by atoms with Crippen molar-refractivity contribution in [3.05, 3.63) is 83.9 Å². The summed E-state index contributed by atoms with van der Waals surface area (Å²) in [5.74, 6) is -0.456. The molecule has 29 heavy (non-hydrogen) atoms. The van der Waals surface area contributed by atoms with Crippen molar-refractivity contribution >= 4 is 5.97 Å². The molecule has 7 nitrogen and oxygen atoms in total. The lowest BCUT2D eigenvalue weighted by molar-refractivity contribution is 0.0697. The largest absolute Gasteiger partial charge is 0.478 e. The number of halogens is 1. The average Bonchev–Trinajstić information content (AvgIpc) is 3.20. The van der Waals surface area contributed by atoms with Gasteiger partial charge in [0.25, 0.3) is 0 Å². The SMILES string of the molecule is Cc1cc(Oc2ccc(F)cc2)ncc1-n1cc(-c2ccc(C(=O)O)cc2)nn1. The molecule has 0 bridgehead atoms. The van der Waals surface area contributed by atoms with Gasteiger partial charge in [0.15, 0.2) is 0 Å². The van der Waals surface area contributed by atoms with Crippen LogP contribution in [0.15, 0.2) is 67.0 Å². The highest BCUT2D eigenvalue weighted by Crippen LogP contribution is 2.24. The van der Waals surface area contributed by atoms with Crippen LogP contribution in [0.1, 0.15) is 15.9 Å². The smallest absolute Gasteiger partial charge is 0.335 e. The number of aromatic nitrogens is 4. The van der Waals surface area contributed by atoms with Crippen LogP contribution in [0.5, 0.6) is 11.6 Å². The molecule has 8 heteroatoms. The van der Waals surface area contributed by atoms with E-state index in [9.17, 15) is 9.18 Å². The minimum Gasteiger partial charge on any atom is -0.478 e. The standard InChI is InChI=1S/C21H15FN4O3/c1-13-10-20(29-17-8-6-16(22)7-9-17)23-11-19(13)26-12-18(24-25-26)14-2-4-15(5-3-14)21(27)28/h2-12H,1H3,(H,27,28). The summed E-state index contributed by atoms with van der Waals surface area (Å²) in [7, 11) is 0. The first-order valence-corrected chi connectivity index (χ1v) is 8.66. The van der Waals surface area contributed by atoms with Gasteiger partial charge in [0.05, 0.1) is 23.6 Å². The number of carboxylic acids is 1. The second-order valence-corrected chi connectivity index (χ2v) is 6.30. The summed E-state index contributed by atoms with van der Waals surface area (Å²) >= 11 is 0. The van der Waals surface area contributed by atoms with Crippen LogP contribution in [0.25, 0.3) is 16.9 Å². The Balaban J connectivity index is 1.56. The minimum atomic E-state index is -0.982. The maximum atomic E-state index is 13.0. The zero-order chi connectivity index (χ0) is 20.4. The number of nitrogens with zero attached hydrogens (tertiary/aromatic N) is 4. The van der Waals surface area contributed by atoms with Crippen molar-refractivity contribution < 1.29 is 19.0 Å². The van der Waals surface area contributed by atoms with Gasteiger partial charge in [-0.05, 0) is 48.9 Å². The topological polar surface area (TPSA) is 90.1 Å². The molecule has 2 aromatic heterocycles. The van der Waals surface area contributed by atoms with Crippen molar-refractivity contribution in [2.75, 3.05) is 0 Å². The van der Waals surface area contributed by atoms with Crippen LogP contribution in [0, 0.1) is 12.7 Å². The van der Waals surface area contributed by atoms with Crippen molar-refractivity contribution in [1.29, 1.82) is 0 Å². The van der Waals surface area contributed by atoms with E-state index in [1.807, 2.05) is 6.92 Å². The third-order valence-electron chi connectivity index (χ3n) is 4.26. The third-order valence-corrected chi connectivity index (χ3v) is 4.26. The van der Waals surface area contributed by atoms with Gasteiger partial charge in [0.2, 0.25) is 5.88 Å². The minimum absolute atomic E-state index is 0.206. The van der Waals surface area contributed by atoms with Gasteiger partial charge in [-0.3, -0.25) is 0 Å². The Hall–Kier alpha value is -4.07. The van der Waals surface area contributed by atoms with E-state index in [0.717, 1.165) is 16.8 Å². The fraction of sp³-hybridized carbons (Fsp3) is 0.0476. The number of ether oxygens (including phenoxy) is 1. The van der Waals surface area contributed by atoms with E-state index in [4.69, 9.17) is 9.84 Å². The van der Waals surface area contributed by atoms with Gasteiger partial charge in [-0.25, -0.2) is 18.9 Å². The Bertz CT molecular complexity index is 1170. The monoisotopic (exact) mass is 390 g/mol. The van der Waals surface area contributed by atoms with E-state index >= 15 is 0 Å². The second-order valence-electron chi connectivity index (χ2n) is 6.30. The molecule has 2 heterocycles.